The molecule has 1 aromatic heterocycles. The standard InChI is InChI=1S/C8H8NS2Se.C8H10O3S/c1-12-10-11-6-9-7-4-2-3-5-8(7)11;1-7-3-5-8(6-4-7)12(9,10)11-2/h2-6H,1H3;3-6H,1-2H3/q+1;. The molecule has 0 fully saturated rings. The van der Waals surface area contributed by atoms with Crippen LogP contribution >= 0.6 is 18.7 Å². The molecule has 3 aromatic rings. The van der Waals surface area contributed by atoms with Crippen molar-refractivity contribution < 1.29 is 12.6 Å². The monoisotopic (exact) mass is 448 g/mol. The van der Waals surface area contributed by atoms with Crippen LogP contribution in [-0.4, -0.2) is 34.3 Å². The van der Waals surface area contributed by atoms with Crippen LogP contribution in [0, 0.1) is 6.92 Å². The number of hydrogen-bond donors (Lipinski definition) is 0. The summed E-state index contributed by atoms with van der Waals surface area (Å²) in [7, 11) is -0.0939. The molecule has 0 saturated heterocycles. The third kappa shape index (κ3) is 5.05. The zero-order valence-corrected chi connectivity index (χ0v) is 17.7. The van der Waals surface area contributed by atoms with Gasteiger partial charge in [-0.25, -0.2) is 0 Å². The Morgan fingerprint density at radius 1 is 1.12 bits per heavy atom. The summed E-state index contributed by atoms with van der Waals surface area (Å²) in [6.07, 6.45) is 0. The second-order valence-corrected chi connectivity index (χ2v) is 14.2. The molecule has 0 aliphatic heterocycles. The summed E-state index contributed by atoms with van der Waals surface area (Å²) in [5.74, 6) is 2.25. The van der Waals surface area contributed by atoms with E-state index < -0.39 is 10.1 Å². The molecule has 24 heavy (non-hydrogen) atoms. The van der Waals surface area contributed by atoms with Crippen molar-refractivity contribution in [3.63, 3.8) is 0 Å². The van der Waals surface area contributed by atoms with Crippen LogP contribution in [0.5, 0.6) is 0 Å². The number of aryl methyl sites for hydroxylation is 1. The Hall–Kier alpha value is -0.891. The van der Waals surface area contributed by atoms with Crippen LogP contribution in [0.15, 0.2) is 58.9 Å². The molecule has 0 aliphatic rings. The van der Waals surface area contributed by atoms with Crippen LogP contribution in [0.2, 0.25) is 5.82 Å². The van der Waals surface area contributed by atoms with Crippen molar-refractivity contribution in [1.82, 2.24) is 4.98 Å². The second kappa shape index (κ2) is 8.99. The van der Waals surface area contributed by atoms with Gasteiger partial charge in [0.15, 0.2) is 0 Å². The number of para-hydroxylation sites is 1. The van der Waals surface area contributed by atoms with Crippen molar-refractivity contribution in [2.75, 3.05) is 7.11 Å². The summed E-state index contributed by atoms with van der Waals surface area (Å²) in [5.41, 5.74) is 4.27. The van der Waals surface area contributed by atoms with E-state index in [0.717, 1.165) is 18.2 Å². The normalized spacial score (nSPS) is 11.9. The van der Waals surface area contributed by atoms with Crippen LogP contribution in [-0.2, 0) is 14.3 Å². The van der Waals surface area contributed by atoms with Gasteiger partial charge in [0.05, 0.1) is 12.0 Å². The van der Waals surface area contributed by atoms with Gasteiger partial charge in [-0.1, -0.05) is 17.7 Å². The molecule has 8 heteroatoms. The van der Waals surface area contributed by atoms with Crippen molar-refractivity contribution in [3.8, 4) is 0 Å². The van der Waals surface area contributed by atoms with Crippen LogP contribution in [0.3, 0.4) is 0 Å². The Bertz CT molecular complexity index is 892. The topological polar surface area (TPSA) is 56.3 Å². The molecule has 1 atom stereocenters. The Morgan fingerprint density at radius 3 is 2.42 bits per heavy atom. The predicted molar refractivity (Wildman–Crippen MR) is 104 cm³/mol. The van der Waals surface area contributed by atoms with Crippen LogP contribution in [0.1, 0.15) is 5.56 Å². The molecule has 4 nitrogen and oxygen atoms in total. The van der Waals surface area contributed by atoms with E-state index in [0.29, 0.717) is 13.8 Å². The van der Waals surface area contributed by atoms with Crippen molar-refractivity contribution >= 4 is 52.9 Å². The molecule has 2 aromatic carbocycles. The van der Waals surface area contributed by atoms with E-state index in [1.165, 1.54) is 16.8 Å². The Labute approximate surface area is 154 Å². The number of thiazole rings is 1. The molecule has 0 spiro atoms. The van der Waals surface area contributed by atoms with E-state index in [1.807, 2.05) is 22.2 Å². The van der Waals surface area contributed by atoms with Crippen LogP contribution in [0.25, 0.3) is 10.2 Å². The molecular formula is C16H18NO3S3Se+. The molecule has 0 N–H and O–H groups in total. The number of rotatable bonds is 4. The summed E-state index contributed by atoms with van der Waals surface area (Å²) in [6, 6.07) is 14.9. The van der Waals surface area contributed by atoms with Gasteiger partial charge in [0.1, 0.15) is 0 Å². The first-order valence-corrected chi connectivity index (χ1v) is 14.7. The summed E-state index contributed by atoms with van der Waals surface area (Å²) >= 11 is 0.673. The van der Waals surface area contributed by atoms with Gasteiger partial charge in [-0.15, -0.1) is 0 Å². The van der Waals surface area contributed by atoms with Crippen molar-refractivity contribution in [2.24, 2.45) is 0 Å². The van der Waals surface area contributed by atoms with Gasteiger partial charge in [0.25, 0.3) is 10.1 Å². The third-order valence-electron chi connectivity index (χ3n) is 3.04. The van der Waals surface area contributed by atoms with Crippen molar-refractivity contribution in [2.45, 2.75) is 17.6 Å². The Morgan fingerprint density at radius 2 is 1.79 bits per heavy atom. The maximum atomic E-state index is 11.1. The van der Waals surface area contributed by atoms with Crippen LogP contribution in [0.4, 0.5) is 0 Å². The van der Waals surface area contributed by atoms with Gasteiger partial charge in [0, 0.05) is 0 Å². The van der Waals surface area contributed by atoms with E-state index in [1.54, 1.807) is 12.1 Å². The van der Waals surface area contributed by atoms with Gasteiger partial charge in [-0.05, 0) is 19.1 Å². The molecule has 128 valence electrons. The zero-order chi connectivity index (χ0) is 17.6. The van der Waals surface area contributed by atoms with E-state index >= 15 is 0 Å². The molecule has 0 radical (unpaired) electrons. The Balaban J connectivity index is 0.000000174. The van der Waals surface area contributed by atoms with Gasteiger partial charge in [0.2, 0.25) is 0 Å². The summed E-state index contributed by atoms with van der Waals surface area (Å²) < 4.78 is 27.9. The SMILES string of the molecule is COS(=O)(=O)c1ccc(C)cc1.C[Se]S[s+]1cnc2ccccc21. The molecule has 3 rings (SSSR count). The van der Waals surface area contributed by atoms with E-state index in [4.69, 9.17) is 0 Å². The molecule has 0 aliphatic carbocycles. The number of aromatic nitrogens is 1. The minimum atomic E-state index is -3.51. The molecule has 1 unspecified atom stereocenters. The number of hydrogen-bond acceptors (Lipinski definition) is 5. The minimum absolute atomic E-state index is 0.190. The van der Waals surface area contributed by atoms with Crippen molar-refractivity contribution in [3.05, 3.63) is 59.6 Å². The first-order chi connectivity index (χ1) is 11.5. The molecule has 1 heterocycles. The molecule has 0 amide bonds. The predicted octanol–water partition coefficient (Wildman–Crippen LogP) is 4.48. The van der Waals surface area contributed by atoms with Crippen LogP contribution < -0.4 is 0 Å². The first kappa shape index (κ1) is 19.4. The fourth-order valence-electron chi connectivity index (χ4n) is 1.82. The van der Waals surface area contributed by atoms with E-state index in [9.17, 15) is 8.42 Å². The van der Waals surface area contributed by atoms with Gasteiger partial charge < -0.3 is 0 Å². The molecule has 0 saturated carbocycles. The second-order valence-electron chi connectivity index (χ2n) is 4.67. The number of benzene rings is 2. The van der Waals surface area contributed by atoms with Gasteiger partial charge >= 0.3 is 83.3 Å². The molecule has 0 bridgehead atoms. The van der Waals surface area contributed by atoms with Gasteiger partial charge in [-0.3, -0.25) is 4.18 Å². The average Bonchev–Trinajstić information content (AvgIpc) is 3.00. The fraction of sp³-hybridized carbons (Fsp3) is 0.188. The molecular weight excluding hydrogens is 429 g/mol. The number of fused-ring (bicyclic) bond motifs is 1. The van der Waals surface area contributed by atoms with Gasteiger partial charge in [-0.2, -0.15) is 8.42 Å². The fourth-order valence-corrected chi connectivity index (χ4v) is 9.74. The summed E-state index contributed by atoms with van der Waals surface area (Å²) in [6.45, 7) is 1.89. The first-order valence-electron chi connectivity index (χ1n) is 6.92. The van der Waals surface area contributed by atoms with E-state index in [-0.39, 0.29) is 14.4 Å². The summed E-state index contributed by atoms with van der Waals surface area (Å²) in [5, 5.41) is 0. The average molecular weight is 447 g/mol. The summed E-state index contributed by atoms with van der Waals surface area (Å²) in [4.78, 5) is 4.57. The number of nitrogens with zero attached hydrogens (tertiary/aromatic N) is 1. The van der Waals surface area contributed by atoms with E-state index in [2.05, 4.69) is 38.7 Å². The zero-order valence-electron chi connectivity index (χ0n) is 13.5. The Kier molecular flexibility index (Phi) is 7.28. The quantitative estimate of drug-likeness (QED) is 0.256. The maximum absolute atomic E-state index is 11.1. The third-order valence-corrected chi connectivity index (χ3v) is 12.7. The van der Waals surface area contributed by atoms with Crippen molar-refractivity contribution in [1.29, 1.82) is 0 Å².